The maximum absolute atomic E-state index is 12.1. The number of nitrogens with one attached hydrogen (secondary N) is 1. The maximum Gasteiger partial charge on any atom is 0.226 e. The molecule has 4 nitrogen and oxygen atoms in total. The zero-order valence-corrected chi connectivity index (χ0v) is 15.0. The molecule has 120 valence electrons. The van der Waals surface area contributed by atoms with E-state index < -0.39 is 0 Å². The van der Waals surface area contributed by atoms with Crippen molar-refractivity contribution in [3.63, 3.8) is 0 Å². The molecule has 0 aliphatic heterocycles. The van der Waals surface area contributed by atoms with Crippen LogP contribution in [0.5, 0.6) is 0 Å². The first-order valence-electron chi connectivity index (χ1n) is 7.37. The van der Waals surface area contributed by atoms with E-state index in [1.807, 2.05) is 47.2 Å². The van der Waals surface area contributed by atoms with Crippen molar-refractivity contribution in [2.75, 3.05) is 0 Å². The molecule has 0 saturated heterocycles. The predicted octanol–water partition coefficient (Wildman–Crippen LogP) is 4.34. The van der Waals surface area contributed by atoms with Gasteiger partial charge in [-0.05, 0) is 23.6 Å². The molecule has 0 aliphatic rings. The molecule has 1 N–H and O–H groups in total. The molecule has 0 saturated carbocycles. The molecule has 4 aromatic rings. The zero-order chi connectivity index (χ0) is 16.4. The van der Waals surface area contributed by atoms with Crippen LogP contribution in [-0.2, 0) is 17.8 Å². The van der Waals surface area contributed by atoms with Crippen LogP contribution in [0.4, 0.5) is 0 Å². The molecule has 0 bridgehead atoms. The van der Waals surface area contributed by atoms with Crippen LogP contribution in [0.2, 0.25) is 0 Å². The molecule has 0 fully saturated rings. The SMILES string of the molecule is O=C(Cc1csc(-c2cccs2)n1)NCc1nc2ccccc2s1. The van der Waals surface area contributed by atoms with Gasteiger partial charge < -0.3 is 5.32 Å². The number of para-hydroxylation sites is 1. The number of fused-ring (bicyclic) bond motifs is 1. The third-order valence-corrected chi connectivity index (χ3v) is 6.37. The van der Waals surface area contributed by atoms with Crippen LogP contribution in [0.3, 0.4) is 0 Å². The number of aromatic nitrogens is 2. The van der Waals surface area contributed by atoms with E-state index in [-0.39, 0.29) is 5.91 Å². The zero-order valence-electron chi connectivity index (χ0n) is 12.6. The smallest absolute Gasteiger partial charge is 0.226 e. The van der Waals surface area contributed by atoms with E-state index in [2.05, 4.69) is 15.3 Å². The summed E-state index contributed by atoms with van der Waals surface area (Å²) in [4.78, 5) is 22.3. The Balaban J connectivity index is 1.36. The molecular formula is C17H13N3OS3. The molecule has 24 heavy (non-hydrogen) atoms. The Kier molecular flexibility index (Phi) is 4.38. The van der Waals surface area contributed by atoms with Gasteiger partial charge in [-0.3, -0.25) is 4.79 Å². The van der Waals surface area contributed by atoms with Gasteiger partial charge in [-0.25, -0.2) is 9.97 Å². The topological polar surface area (TPSA) is 54.9 Å². The van der Waals surface area contributed by atoms with Gasteiger partial charge >= 0.3 is 0 Å². The van der Waals surface area contributed by atoms with Gasteiger partial charge in [0.15, 0.2) is 0 Å². The van der Waals surface area contributed by atoms with Crippen LogP contribution in [0.25, 0.3) is 20.1 Å². The second-order valence-corrected chi connectivity index (χ2v) is 8.07. The molecule has 3 aromatic heterocycles. The van der Waals surface area contributed by atoms with Crippen molar-refractivity contribution in [2.24, 2.45) is 0 Å². The van der Waals surface area contributed by atoms with Gasteiger partial charge in [-0.1, -0.05) is 18.2 Å². The maximum atomic E-state index is 12.1. The van der Waals surface area contributed by atoms with Crippen LogP contribution in [0.1, 0.15) is 10.7 Å². The molecule has 7 heteroatoms. The minimum atomic E-state index is -0.0303. The number of hydrogen-bond acceptors (Lipinski definition) is 6. The lowest BCUT2D eigenvalue weighted by Crippen LogP contribution is -2.24. The van der Waals surface area contributed by atoms with E-state index >= 15 is 0 Å². The van der Waals surface area contributed by atoms with Crippen molar-refractivity contribution in [1.82, 2.24) is 15.3 Å². The van der Waals surface area contributed by atoms with E-state index in [1.54, 1.807) is 34.0 Å². The standard InChI is InChI=1S/C17H13N3OS3/c21-15(8-11-10-23-17(19-11)14-6-3-7-22-14)18-9-16-20-12-4-1-2-5-13(12)24-16/h1-7,10H,8-9H2,(H,18,21). The second kappa shape index (κ2) is 6.80. The van der Waals surface area contributed by atoms with Gasteiger partial charge in [0.05, 0.1) is 33.8 Å². The van der Waals surface area contributed by atoms with Crippen molar-refractivity contribution in [3.05, 3.63) is 57.9 Å². The third-order valence-electron chi connectivity index (χ3n) is 3.40. The first-order chi connectivity index (χ1) is 11.8. The van der Waals surface area contributed by atoms with Gasteiger partial charge in [-0.2, -0.15) is 0 Å². The molecule has 1 aromatic carbocycles. The Morgan fingerprint density at radius 1 is 1.08 bits per heavy atom. The van der Waals surface area contributed by atoms with E-state index in [9.17, 15) is 4.79 Å². The van der Waals surface area contributed by atoms with Crippen molar-refractivity contribution in [3.8, 4) is 9.88 Å². The molecule has 0 unspecified atom stereocenters. The van der Waals surface area contributed by atoms with Crippen molar-refractivity contribution in [2.45, 2.75) is 13.0 Å². The summed E-state index contributed by atoms with van der Waals surface area (Å²) in [5.41, 5.74) is 1.79. The van der Waals surface area contributed by atoms with E-state index in [4.69, 9.17) is 0 Å². The molecule has 1 amide bonds. The van der Waals surface area contributed by atoms with Crippen molar-refractivity contribution < 1.29 is 4.79 Å². The molecule has 0 spiro atoms. The molecule has 4 rings (SSSR count). The first-order valence-corrected chi connectivity index (χ1v) is 9.95. The summed E-state index contributed by atoms with van der Waals surface area (Å²) in [5.74, 6) is -0.0303. The van der Waals surface area contributed by atoms with Crippen LogP contribution in [-0.4, -0.2) is 15.9 Å². The van der Waals surface area contributed by atoms with Crippen molar-refractivity contribution >= 4 is 50.1 Å². The van der Waals surface area contributed by atoms with Crippen LogP contribution < -0.4 is 5.32 Å². The number of hydrogen-bond donors (Lipinski definition) is 1. The van der Waals surface area contributed by atoms with Gasteiger partial charge in [0.2, 0.25) is 5.91 Å². The highest BCUT2D eigenvalue weighted by Crippen LogP contribution is 2.28. The highest BCUT2D eigenvalue weighted by atomic mass is 32.1. The quantitative estimate of drug-likeness (QED) is 0.568. The summed E-state index contributed by atoms with van der Waals surface area (Å²) >= 11 is 4.84. The van der Waals surface area contributed by atoms with Gasteiger partial charge in [0, 0.05) is 5.38 Å². The largest absolute Gasteiger partial charge is 0.349 e. The lowest BCUT2D eigenvalue weighted by molar-refractivity contribution is -0.120. The summed E-state index contributed by atoms with van der Waals surface area (Å²) in [7, 11) is 0. The molecule has 0 aliphatic carbocycles. The Bertz CT molecular complexity index is 939. The molecular weight excluding hydrogens is 358 g/mol. The van der Waals surface area contributed by atoms with Gasteiger partial charge in [-0.15, -0.1) is 34.0 Å². The second-order valence-electron chi connectivity index (χ2n) is 5.15. The average Bonchev–Trinajstić information content (AvgIpc) is 3.32. The number of rotatable bonds is 5. The average molecular weight is 372 g/mol. The Morgan fingerprint density at radius 3 is 2.83 bits per heavy atom. The van der Waals surface area contributed by atoms with Crippen LogP contribution >= 0.6 is 34.0 Å². The Morgan fingerprint density at radius 2 is 2.00 bits per heavy atom. The summed E-state index contributed by atoms with van der Waals surface area (Å²) in [5, 5.41) is 8.80. The minimum absolute atomic E-state index is 0.0303. The predicted molar refractivity (Wildman–Crippen MR) is 101 cm³/mol. The number of carbonyl (C=O) groups excluding carboxylic acids is 1. The Labute approximate surface area is 150 Å². The Hall–Kier alpha value is -2.09. The lowest BCUT2D eigenvalue weighted by Gasteiger charge is -2.00. The highest BCUT2D eigenvalue weighted by Gasteiger charge is 2.10. The van der Waals surface area contributed by atoms with Crippen LogP contribution in [0, 0.1) is 0 Å². The van der Waals surface area contributed by atoms with E-state index in [0.717, 1.165) is 30.8 Å². The molecule has 0 atom stereocenters. The molecule has 0 radical (unpaired) electrons. The lowest BCUT2D eigenvalue weighted by atomic mass is 10.3. The number of thiophene rings is 1. The fourth-order valence-corrected chi connectivity index (χ4v) is 4.84. The minimum Gasteiger partial charge on any atom is -0.349 e. The molecule has 3 heterocycles. The van der Waals surface area contributed by atoms with Gasteiger partial charge in [0.25, 0.3) is 0 Å². The summed E-state index contributed by atoms with van der Waals surface area (Å²) in [6.07, 6.45) is 0.298. The number of carbonyl (C=O) groups is 1. The number of nitrogens with zero attached hydrogens (tertiary/aromatic N) is 2. The fraction of sp³-hybridized carbons (Fsp3) is 0.118. The first kappa shape index (κ1) is 15.4. The van der Waals surface area contributed by atoms with Crippen molar-refractivity contribution in [1.29, 1.82) is 0 Å². The number of benzene rings is 1. The highest BCUT2D eigenvalue weighted by molar-refractivity contribution is 7.20. The number of thiazole rings is 2. The normalized spacial score (nSPS) is 11.0. The third kappa shape index (κ3) is 3.38. The van der Waals surface area contributed by atoms with Gasteiger partial charge in [0.1, 0.15) is 10.0 Å². The monoisotopic (exact) mass is 371 g/mol. The fourth-order valence-electron chi connectivity index (χ4n) is 2.30. The number of amides is 1. The van der Waals surface area contributed by atoms with E-state index in [1.165, 1.54) is 0 Å². The summed E-state index contributed by atoms with van der Waals surface area (Å²) < 4.78 is 1.14. The van der Waals surface area contributed by atoms with E-state index in [0.29, 0.717) is 13.0 Å². The summed E-state index contributed by atoms with van der Waals surface area (Å²) in [6, 6.07) is 12.0. The summed E-state index contributed by atoms with van der Waals surface area (Å²) in [6.45, 7) is 0.458. The van der Waals surface area contributed by atoms with Crippen LogP contribution in [0.15, 0.2) is 47.2 Å².